The van der Waals surface area contributed by atoms with E-state index in [1.807, 2.05) is 26.0 Å². The molecule has 3 rings (SSSR count). The first kappa shape index (κ1) is 16.7. The predicted octanol–water partition coefficient (Wildman–Crippen LogP) is 3.83. The number of nitrogens with two attached hydrogens (primary N) is 1. The molecule has 0 unspecified atom stereocenters. The van der Waals surface area contributed by atoms with E-state index in [-0.39, 0.29) is 0 Å². The van der Waals surface area contributed by atoms with Crippen LogP contribution in [0.25, 0.3) is 21.3 Å². The van der Waals surface area contributed by atoms with Crippen molar-refractivity contribution in [2.24, 2.45) is 5.73 Å². The first-order valence-electron chi connectivity index (χ1n) is 8.16. The number of fused-ring (bicyclic) bond motifs is 1. The van der Waals surface area contributed by atoms with Crippen LogP contribution in [0.5, 0.6) is 5.75 Å². The molecule has 0 aliphatic rings. The molecule has 0 amide bonds. The minimum atomic E-state index is 0.662. The highest BCUT2D eigenvalue weighted by Crippen LogP contribution is 2.37. The Morgan fingerprint density at radius 3 is 2.71 bits per heavy atom. The molecule has 0 aliphatic carbocycles. The maximum Gasteiger partial charge on any atom is 0.139 e. The molecule has 126 valence electrons. The number of benzene rings is 1. The molecule has 1 aromatic carbocycles. The standard InChI is InChI=1S/C18H22N4OS/c1-3-23-14-7-5-13(6-8-14)15-11-24-18-16(15)17(20-10-4-9-19)21-12(2)22-18/h5-8,11H,3-4,9-10,19H2,1-2H3,(H,20,21,22). The van der Waals surface area contributed by atoms with Gasteiger partial charge in [-0.1, -0.05) is 12.1 Å². The van der Waals surface area contributed by atoms with Crippen molar-refractivity contribution < 1.29 is 4.74 Å². The Balaban J connectivity index is 2.01. The first-order valence-corrected chi connectivity index (χ1v) is 9.04. The van der Waals surface area contributed by atoms with Crippen LogP contribution in [0.4, 0.5) is 5.82 Å². The molecule has 0 spiro atoms. The highest BCUT2D eigenvalue weighted by atomic mass is 32.1. The number of ether oxygens (including phenoxy) is 1. The third-order valence-corrected chi connectivity index (χ3v) is 4.57. The molecule has 3 N–H and O–H groups in total. The minimum Gasteiger partial charge on any atom is -0.494 e. The van der Waals surface area contributed by atoms with Crippen molar-refractivity contribution in [2.75, 3.05) is 25.0 Å². The Bertz CT molecular complexity index is 814. The molecule has 24 heavy (non-hydrogen) atoms. The van der Waals surface area contributed by atoms with Gasteiger partial charge < -0.3 is 15.8 Å². The number of anilines is 1. The zero-order chi connectivity index (χ0) is 16.9. The number of hydrogen-bond acceptors (Lipinski definition) is 6. The monoisotopic (exact) mass is 342 g/mol. The Labute approximate surface area is 145 Å². The fourth-order valence-electron chi connectivity index (χ4n) is 2.60. The second-order valence-electron chi connectivity index (χ2n) is 5.48. The van der Waals surface area contributed by atoms with Gasteiger partial charge in [-0.25, -0.2) is 9.97 Å². The first-order chi connectivity index (χ1) is 11.7. The van der Waals surface area contributed by atoms with Gasteiger partial charge in [-0.3, -0.25) is 0 Å². The van der Waals surface area contributed by atoms with Crippen molar-refractivity contribution in [2.45, 2.75) is 20.3 Å². The van der Waals surface area contributed by atoms with Gasteiger partial charge in [-0.05, 0) is 44.5 Å². The number of aryl methyl sites for hydroxylation is 1. The van der Waals surface area contributed by atoms with Crippen LogP contribution in [-0.4, -0.2) is 29.7 Å². The molecular weight excluding hydrogens is 320 g/mol. The summed E-state index contributed by atoms with van der Waals surface area (Å²) in [6.07, 6.45) is 0.910. The van der Waals surface area contributed by atoms with Gasteiger partial charge in [0.1, 0.15) is 22.2 Å². The van der Waals surface area contributed by atoms with Crippen LogP contribution in [0.2, 0.25) is 0 Å². The summed E-state index contributed by atoms with van der Waals surface area (Å²) in [5, 5.41) is 6.63. The summed E-state index contributed by atoms with van der Waals surface area (Å²) in [4.78, 5) is 10.2. The lowest BCUT2D eigenvalue weighted by atomic mass is 10.1. The number of nitrogens with one attached hydrogen (secondary N) is 1. The normalized spacial score (nSPS) is 11.0. The van der Waals surface area contributed by atoms with Crippen LogP contribution in [0.3, 0.4) is 0 Å². The van der Waals surface area contributed by atoms with Crippen molar-refractivity contribution in [1.29, 1.82) is 0 Å². The van der Waals surface area contributed by atoms with Crippen molar-refractivity contribution >= 4 is 27.4 Å². The maximum atomic E-state index is 5.59. The summed E-state index contributed by atoms with van der Waals surface area (Å²) < 4.78 is 5.52. The molecule has 0 atom stereocenters. The van der Waals surface area contributed by atoms with E-state index in [9.17, 15) is 0 Å². The molecule has 6 heteroatoms. The Hall–Kier alpha value is -2.18. The second-order valence-corrected chi connectivity index (χ2v) is 6.33. The SMILES string of the molecule is CCOc1ccc(-c2csc3nc(C)nc(NCCCN)c23)cc1. The van der Waals surface area contributed by atoms with Crippen LogP contribution >= 0.6 is 11.3 Å². The van der Waals surface area contributed by atoms with Crippen LogP contribution in [0, 0.1) is 6.92 Å². The summed E-state index contributed by atoms with van der Waals surface area (Å²) in [5.41, 5.74) is 7.88. The van der Waals surface area contributed by atoms with Gasteiger partial charge in [0.2, 0.25) is 0 Å². The quantitative estimate of drug-likeness (QED) is 0.639. The molecule has 5 nitrogen and oxygen atoms in total. The van der Waals surface area contributed by atoms with E-state index < -0.39 is 0 Å². The lowest BCUT2D eigenvalue weighted by molar-refractivity contribution is 0.340. The van der Waals surface area contributed by atoms with Crippen LogP contribution in [-0.2, 0) is 0 Å². The molecule has 2 heterocycles. The number of thiophene rings is 1. The summed E-state index contributed by atoms with van der Waals surface area (Å²) in [5.74, 6) is 2.54. The lowest BCUT2D eigenvalue weighted by Crippen LogP contribution is -2.10. The fraction of sp³-hybridized carbons (Fsp3) is 0.333. The Morgan fingerprint density at radius 2 is 2.00 bits per heavy atom. The Morgan fingerprint density at radius 1 is 1.21 bits per heavy atom. The molecule has 0 bridgehead atoms. The highest BCUT2D eigenvalue weighted by Gasteiger charge is 2.14. The van der Waals surface area contributed by atoms with E-state index >= 15 is 0 Å². The van der Waals surface area contributed by atoms with Gasteiger partial charge in [0.25, 0.3) is 0 Å². The van der Waals surface area contributed by atoms with E-state index in [0.29, 0.717) is 13.2 Å². The molecule has 0 saturated heterocycles. The molecular formula is C18H22N4OS. The van der Waals surface area contributed by atoms with Gasteiger partial charge >= 0.3 is 0 Å². The fourth-order valence-corrected chi connectivity index (χ4v) is 3.59. The molecule has 3 aromatic rings. The van der Waals surface area contributed by atoms with Gasteiger partial charge in [-0.15, -0.1) is 11.3 Å². The van der Waals surface area contributed by atoms with Gasteiger partial charge in [0.15, 0.2) is 0 Å². The molecule has 0 fully saturated rings. The predicted molar refractivity (Wildman–Crippen MR) is 101 cm³/mol. The van der Waals surface area contributed by atoms with E-state index in [0.717, 1.165) is 51.7 Å². The zero-order valence-corrected chi connectivity index (χ0v) is 14.8. The number of nitrogens with zero attached hydrogens (tertiary/aromatic N) is 2. The van der Waals surface area contributed by atoms with E-state index in [4.69, 9.17) is 10.5 Å². The second kappa shape index (κ2) is 7.59. The topological polar surface area (TPSA) is 73.1 Å². The highest BCUT2D eigenvalue weighted by molar-refractivity contribution is 7.17. The van der Waals surface area contributed by atoms with Crippen molar-refractivity contribution in [3.63, 3.8) is 0 Å². The summed E-state index contributed by atoms with van der Waals surface area (Å²) in [6, 6.07) is 8.16. The average molecular weight is 342 g/mol. The Kier molecular flexibility index (Phi) is 5.27. The largest absolute Gasteiger partial charge is 0.494 e. The van der Waals surface area contributed by atoms with Crippen molar-refractivity contribution in [3.8, 4) is 16.9 Å². The zero-order valence-electron chi connectivity index (χ0n) is 14.0. The van der Waals surface area contributed by atoms with E-state index in [1.54, 1.807) is 11.3 Å². The van der Waals surface area contributed by atoms with Gasteiger partial charge in [-0.2, -0.15) is 0 Å². The molecule has 0 radical (unpaired) electrons. The maximum absolute atomic E-state index is 5.59. The lowest BCUT2D eigenvalue weighted by Gasteiger charge is -2.09. The summed E-state index contributed by atoms with van der Waals surface area (Å²) in [6.45, 7) is 6.04. The van der Waals surface area contributed by atoms with Crippen LogP contribution < -0.4 is 15.8 Å². The van der Waals surface area contributed by atoms with Crippen molar-refractivity contribution in [3.05, 3.63) is 35.5 Å². The van der Waals surface area contributed by atoms with E-state index in [2.05, 4.69) is 32.8 Å². The smallest absolute Gasteiger partial charge is 0.139 e. The number of rotatable bonds is 7. The third kappa shape index (κ3) is 3.49. The number of hydrogen-bond donors (Lipinski definition) is 2. The summed E-state index contributed by atoms with van der Waals surface area (Å²) in [7, 11) is 0. The number of aromatic nitrogens is 2. The van der Waals surface area contributed by atoms with Gasteiger partial charge in [0.05, 0.1) is 12.0 Å². The average Bonchev–Trinajstić information content (AvgIpc) is 3.00. The van der Waals surface area contributed by atoms with E-state index in [1.165, 1.54) is 0 Å². The van der Waals surface area contributed by atoms with Crippen molar-refractivity contribution in [1.82, 2.24) is 9.97 Å². The third-order valence-electron chi connectivity index (χ3n) is 3.70. The summed E-state index contributed by atoms with van der Waals surface area (Å²) >= 11 is 1.64. The molecule has 2 aromatic heterocycles. The van der Waals surface area contributed by atoms with Crippen LogP contribution in [0.1, 0.15) is 19.2 Å². The molecule has 0 aliphatic heterocycles. The van der Waals surface area contributed by atoms with Crippen LogP contribution in [0.15, 0.2) is 29.6 Å². The molecule has 0 saturated carbocycles. The minimum absolute atomic E-state index is 0.662. The van der Waals surface area contributed by atoms with Gasteiger partial charge in [0, 0.05) is 17.5 Å².